The van der Waals surface area contributed by atoms with Crippen LogP contribution in [0.4, 0.5) is 0 Å². The zero-order chi connectivity index (χ0) is 21.2. The molecule has 7 heteroatoms. The van der Waals surface area contributed by atoms with Crippen molar-refractivity contribution < 1.29 is 22.3 Å². The topological polar surface area (TPSA) is 88.5 Å². The molecule has 3 aromatic carbocycles. The lowest BCUT2D eigenvalue weighted by molar-refractivity contribution is 0.107. The fourth-order valence-corrected chi connectivity index (χ4v) is 6.71. The summed E-state index contributed by atoms with van der Waals surface area (Å²) < 4.78 is 45.8. The van der Waals surface area contributed by atoms with Crippen molar-refractivity contribution in [3.8, 4) is 0 Å². The van der Waals surface area contributed by atoms with Crippen LogP contribution in [0.5, 0.6) is 0 Å². The van der Waals surface area contributed by atoms with E-state index in [-0.39, 0.29) is 0 Å². The number of aryl methyl sites for hydroxylation is 2. The number of rotatable bonds is 6. The highest BCUT2D eigenvalue weighted by Gasteiger charge is 2.38. The first-order chi connectivity index (χ1) is 13.6. The summed E-state index contributed by atoms with van der Waals surface area (Å²) in [6, 6.07) is 20.4. The second kappa shape index (κ2) is 8.07. The summed E-state index contributed by atoms with van der Waals surface area (Å²) >= 11 is 0. The van der Waals surface area contributed by atoms with Gasteiger partial charge in [0.2, 0.25) is 12.7 Å². The smallest absolute Gasteiger partial charge is 0.269 e. The van der Waals surface area contributed by atoms with E-state index in [1.165, 1.54) is 12.1 Å². The Bertz CT molecular complexity index is 1140. The van der Waals surface area contributed by atoms with Crippen molar-refractivity contribution in [3.05, 3.63) is 95.1 Å². The maximum Gasteiger partial charge on any atom is 0.269 e. The molecule has 0 aliphatic heterocycles. The van der Waals surface area contributed by atoms with Crippen molar-refractivity contribution in [3.63, 3.8) is 0 Å². The van der Waals surface area contributed by atoms with Crippen LogP contribution in [0.15, 0.2) is 72.8 Å². The van der Waals surface area contributed by atoms with Crippen LogP contribution in [-0.2, 0) is 20.4 Å². The Hall–Kier alpha value is -2.53. The molecule has 0 atom stereocenters. The summed E-state index contributed by atoms with van der Waals surface area (Å²) in [6.45, 7) is 3.35. The zero-order valence-corrected chi connectivity index (χ0v) is 17.8. The third kappa shape index (κ3) is 4.40. The van der Waals surface area contributed by atoms with E-state index in [1.807, 2.05) is 0 Å². The maximum absolute atomic E-state index is 14.2. The summed E-state index contributed by atoms with van der Waals surface area (Å²) in [6.07, 6.45) is 0. The van der Waals surface area contributed by atoms with Gasteiger partial charge in [0.15, 0.2) is 0 Å². The molecule has 0 fully saturated rings. The summed E-state index contributed by atoms with van der Waals surface area (Å²) in [5.41, 5.74) is 1.21. The molecular formula is C22H21O5PS. The van der Waals surface area contributed by atoms with Gasteiger partial charge in [-0.05, 0) is 30.5 Å². The minimum absolute atomic E-state index is 0.306. The second-order valence-electron chi connectivity index (χ2n) is 6.92. The summed E-state index contributed by atoms with van der Waals surface area (Å²) in [5.74, 6) is -0.543. The SMILES string of the molecule is Cc1cc(CS(=O)(=O)O)cc(C)c1C(=O)P(=O)(c1ccccc1)c1ccccc1. The van der Waals surface area contributed by atoms with Crippen LogP contribution in [0.1, 0.15) is 27.0 Å². The minimum Gasteiger partial charge on any atom is -0.305 e. The molecule has 0 radical (unpaired) electrons. The number of benzene rings is 3. The third-order valence-corrected chi connectivity index (χ3v) is 8.23. The first-order valence-corrected chi connectivity index (χ1v) is 12.3. The van der Waals surface area contributed by atoms with E-state index in [0.29, 0.717) is 32.9 Å². The molecule has 0 amide bonds. The molecule has 0 saturated heterocycles. The number of carbonyl (C=O) groups is 1. The molecule has 0 heterocycles. The van der Waals surface area contributed by atoms with Crippen molar-refractivity contribution in [1.82, 2.24) is 0 Å². The Morgan fingerprint density at radius 2 is 1.28 bits per heavy atom. The normalized spacial score (nSPS) is 12.0. The van der Waals surface area contributed by atoms with Crippen LogP contribution in [0.3, 0.4) is 0 Å². The third-order valence-electron chi connectivity index (χ3n) is 4.68. The summed E-state index contributed by atoms with van der Waals surface area (Å²) in [4.78, 5) is 13.7. The van der Waals surface area contributed by atoms with E-state index in [4.69, 9.17) is 4.55 Å². The van der Waals surface area contributed by atoms with Crippen molar-refractivity contribution in [1.29, 1.82) is 0 Å². The van der Waals surface area contributed by atoms with Crippen LogP contribution in [0.2, 0.25) is 0 Å². The van der Waals surface area contributed by atoms with Gasteiger partial charge in [0, 0.05) is 16.2 Å². The molecule has 0 spiro atoms. The van der Waals surface area contributed by atoms with Crippen molar-refractivity contribution >= 4 is 33.4 Å². The Kier molecular flexibility index (Phi) is 5.90. The Morgan fingerprint density at radius 3 is 1.66 bits per heavy atom. The molecule has 150 valence electrons. The van der Waals surface area contributed by atoms with Crippen LogP contribution in [-0.4, -0.2) is 18.5 Å². The van der Waals surface area contributed by atoms with Gasteiger partial charge in [0.25, 0.3) is 10.1 Å². The molecule has 5 nitrogen and oxygen atoms in total. The van der Waals surface area contributed by atoms with E-state index in [2.05, 4.69) is 0 Å². The van der Waals surface area contributed by atoms with Gasteiger partial charge in [-0.15, -0.1) is 0 Å². The van der Waals surface area contributed by atoms with Gasteiger partial charge in [-0.2, -0.15) is 8.42 Å². The van der Waals surface area contributed by atoms with Crippen LogP contribution in [0, 0.1) is 13.8 Å². The first kappa shape index (κ1) is 21.2. The van der Waals surface area contributed by atoms with Crippen molar-refractivity contribution in [2.24, 2.45) is 0 Å². The highest BCUT2D eigenvalue weighted by molar-refractivity contribution is 7.93. The Morgan fingerprint density at radius 1 is 0.862 bits per heavy atom. The van der Waals surface area contributed by atoms with Crippen molar-refractivity contribution in [2.75, 3.05) is 0 Å². The van der Waals surface area contributed by atoms with E-state index >= 15 is 0 Å². The largest absolute Gasteiger partial charge is 0.305 e. The molecule has 0 aromatic heterocycles. The van der Waals surface area contributed by atoms with Gasteiger partial charge < -0.3 is 4.57 Å². The maximum atomic E-state index is 14.2. The van der Waals surface area contributed by atoms with Crippen LogP contribution >= 0.6 is 7.14 Å². The van der Waals surface area contributed by atoms with E-state index in [1.54, 1.807) is 74.5 Å². The lowest BCUT2D eigenvalue weighted by Crippen LogP contribution is -2.23. The van der Waals surface area contributed by atoms with Crippen LogP contribution < -0.4 is 10.6 Å². The summed E-state index contributed by atoms with van der Waals surface area (Å²) in [5, 5.41) is 0.883. The molecule has 0 unspecified atom stereocenters. The van der Waals surface area contributed by atoms with Gasteiger partial charge in [-0.1, -0.05) is 72.8 Å². The van der Waals surface area contributed by atoms with E-state index < -0.39 is 28.5 Å². The van der Waals surface area contributed by atoms with Crippen molar-refractivity contribution in [2.45, 2.75) is 19.6 Å². The molecule has 0 aliphatic rings. The molecule has 0 saturated carbocycles. The first-order valence-electron chi connectivity index (χ1n) is 8.94. The fraction of sp³-hybridized carbons (Fsp3) is 0.136. The molecule has 1 N–H and O–H groups in total. The number of carbonyl (C=O) groups excluding carboxylic acids is 1. The Balaban J connectivity index is 2.19. The Labute approximate surface area is 170 Å². The molecule has 3 rings (SSSR count). The quantitative estimate of drug-likeness (QED) is 0.476. The zero-order valence-electron chi connectivity index (χ0n) is 16.1. The molecule has 0 bridgehead atoms. The predicted molar refractivity (Wildman–Crippen MR) is 115 cm³/mol. The lowest BCUT2D eigenvalue weighted by atomic mass is 10.0. The molecule has 0 aliphatic carbocycles. The highest BCUT2D eigenvalue weighted by atomic mass is 32.2. The highest BCUT2D eigenvalue weighted by Crippen LogP contribution is 2.47. The summed E-state index contributed by atoms with van der Waals surface area (Å²) in [7, 11) is -7.85. The molecule has 3 aromatic rings. The molecular weight excluding hydrogens is 407 g/mol. The molecule has 29 heavy (non-hydrogen) atoms. The number of hydrogen-bond acceptors (Lipinski definition) is 4. The standard InChI is InChI=1S/C22H21O5PS/c1-16-13-18(15-29(25,26)27)14-17(2)21(16)22(23)28(24,19-9-5-3-6-10-19)20-11-7-4-8-12-20/h3-14H,15H2,1-2H3,(H,25,26,27). The average Bonchev–Trinajstić information content (AvgIpc) is 2.66. The van der Waals surface area contributed by atoms with Gasteiger partial charge in [-0.25, -0.2) is 0 Å². The monoisotopic (exact) mass is 428 g/mol. The van der Waals surface area contributed by atoms with E-state index in [0.717, 1.165) is 0 Å². The van der Waals surface area contributed by atoms with Gasteiger partial charge in [0.1, 0.15) is 5.75 Å². The van der Waals surface area contributed by atoms with E-state index in [9.17, 15) is 17.8 Å². The van der Waals surface area contributed by atoms with Crippen LogP contribution in [0.25, 0.3) is 0 Å². The van der Waals surface area contributed by atoms with Gasteiger partial charge in [0.05, 0.1) is 0 Å². The second-order valence-corrected chi connectivity index (χ2v) is 11.0. The van der Waals surface area contributed by atoms with Gasteiger partial charge >= 0.3 is 0 Å². The predicted octanol–water partition coefficient (Wildman–Crippen LogP) is 3.85. The lowest BCUT2D eigenvalue weighted by Gasteiger charge is -2.21. The number of hydrogen-bond donors (Lipinski definition) is 1. The average molecular weight is 428 g/mol. The fourth-order valence-electron chi connectivity index (χ4n) is 3.50. The van der Waals surface area contributed by atoms with Gasteiger partial charge in [-0.3, -0.25) is 9.35 Å². The minimum atomic E-state index is -4.20.